The summed E-state index contributed by atoms with van der Waals surface area (Å²) in [7, 11) is 0. The van der Waals surface area contributed by atoms with E-state index in [9.17, 15) is 11.5 Å². The molecule has 1 aliphatic carbocycles. The second-order valence-electron chi connectivity index (χ2n) is 4.16. The van der Waals surface area contributed by atoms with Gasteiger partial charge in [0.1, 0.15) is 0 Å². The van der Waals surface area contributed by atoms with Crippen molar-refractivity contribution in [2.45, 2.75) is 36.7 Å². The Morgan fingerprint density at radius 2 is 1.62 bits per heavy atom. The summed E-state index contributed by atoms with van der Waals surface area (Å²) in [5.41, 5.74) is 0. The van der Waals surface area contributed by atoms with Gasteiger partial charge in [0.15, 0.2) is 0 Å². The van der Waals surface area contributed by atoms with Gasteiger partial charge < -0.3 is 0 Å². The van der Waals surface area contributed by atoms with E-state index in [2.05, 4.69) is 0 Å². The zero-order chi connectivity index (χ0) is 11.6. The van der Waals surface area contributed by atoms with Crippen molar-refractivity contribution >= 4 is 18.2 Å². The fourth-order valence-corrected chi connectivity index (χ4v) is 6.02. The fraction of sp³-hybridized carbons (Fsp3) is 0.500. The standard InChI is InChI=1S/C12H15F3Se/c13-11-8-4-5-9-12(11)16(14,15)10-6-2-1-3-7-10/h1-3,6-7,11-12H,4-5,8-9H2/t11-,12?/m1/s1. The summed E-state index contributed by atoms with van der Waals surface area (Å²) in [6.45, 7) is 0. The third kappa shape index (κ3) is 2.28. The van der Waals surface area contributed by atoms with Gasteiger partial charge in [0.25, 0.3) is 0 Å². The Balaban J connectivity index is 2.23. The molecule has 0 radical (unpaired) electrons. The third-order valence-electron chi connectivity index (χ3n) is 3.06. The Morgan fingerprint density at radius 1 is 1.00 bits per heavy atom. The van der Waals surface area contributed by atoms with E-state index < -0.39 is 24.7 Å². The molecule has 2 rings (SSSR count). The summed E-state index contributed by atoms with van der Waals surface area (Å²) < 4.78 is 42.1. The van der Waals surface area contributed by atoms with E-state index in [0.717, 1.165) is 12.8 Å². The van der Waals surface area contributed by atoms with E-state index in [-0.39, 0.29) is 4.46 Å². The summed E-state index contributed by atoms with van der Waals surface area (Å²) in [6, 6.07) is 7.82. The van der Waals surface area contributed by atoms with Crippen LogP contribution in [0.3, 0.4) is 0 Å². The summed E-state index contributed by atoms with van der Waals surface area (Å²) in [4.78, 5) is -0.993. The Kier molecular flexibility index (Phi) is 3.60. The molecule has 0 N–H and O–H groups in total. The van der Waals surface area contributed by atoms with Gasteiger partial charge in [-0.25, -0.2) is 0 Å². The Labute approximate surface area is 97.0 Å². The van der Waals surface area contributed by atoms with Gasteiger partial charge in [-0.1, -0.05) is 0 Å². The van der Waals surface area contributed by atoms with Crippen LogP contribution in [0.5, 0.6) is 0 Å². The molecule has 1 aliphatic rings. The SMILES string of the molecule is F[C@@H]1CCCCC1[Se](F)(F)c1ccccc1. The molecule has 0 heterocycles. The van der Waals surface area contributed by atoms with Gasteiger partial charge in [-0.05, 0) is 0 Å². The van der Waals surface area contributed by atoms with Crippen molar-refractivity contribution in [3.05, 3.63) is 30.3 Å². The van der Waals surface area contributed by atoms with E-state index in [1.54, 1.807) is 18.2 Å². The minimum absolute atomic E-state index is 0.0910. The number of hydrogen-bond acceptors (Lipinski definition) is 0. The van der Waals surface area contributed by atoms with Crippen molar-refractivity contribution < 1.29 is 11.5 Å². The number of halogens is 3. The molecule has 0 spiro atoms. The maximum atomic E-state index is 14.2. The minimum atomic E-state index is -4.81. The molecular weight excluding hydrogens is 280 g/mol. The van der Waals surface area contributed by atoms with E-state index in [0.29, 0.717) is 12.8 Å². The Hall–Kier alpha value is -0.471. The first kappa shape index (κ1) is 12.0. The van der Waals surface area contributed by atoms with Crippen molar-refractivity contribution in [1.29, 1.82) is 0 Å². The van der Waals surface area contributed by atoms with Crippen molar-refractivity contribution in [3.63, 3.8) is 0 Å². The molecule has 1 unspecified atom stereocenters. The zero-order valence-corrected chi connectivity index (χ0v) is 10.6. The normalized spacial score (nSPS) is 27.7. The Bertz CT molecular complexity index is 339. The average Bonchev–Trinajstić information content (AvgIpc) is 2.30. The second kappa shape index (κ2) is 4.80. The molecule has 2 atom stereocenters. The molecule has 0 saturated heterocycles. The molecule has 16 heavy (non-hydrogen) atoms. The summed E-state index contributed by atoms with van der Waals surface area (Å²) in [5.74, 6) is 0. The van der Waals surface area contributed by atoms with E-state index in [1.807, 2.05) is 0 Å². The molecule has 0 bridgehead atoms. The van der Waals surface area contributed by atoms with Crippen LogP contribution in [0.15, 0.2) is 30.3 Å². The van der Waals surface area contributed by atoms with Crippen LogP contribution in [-0.2, 0) is 0 Å². The predicted octanol–water partition coefficient (Wildman–Crippen LogP) is 3.56. The van der Waals surface area contributed by atoms with Crippen LogP contribution in [0.4, 0.5) is 11.5 Å². The maximum absolute atomic E-state index is 14.2. The second-order valence-corrected chi connectivity index (χ2v) is 8.55. The quantitative estimate of drug-likeness (QED) is 0.732. The van der Waals surface area contributed by atoms with Crippen LogP contribution >= 0.6 is 0 Å². The summed E-state index contributed by atoms with van der Waals surface area (Å²) in [6.07, 6.45) is 0.849. The van der Waals surface area contributed by atoms with Crippen molar-refractivity contribution in [3.8, 4) is 0 Å². The molecule has 4 heteroatoms. The van der Waals surface area contributed by atoms with Gasteiger partial charge in [-0.2, -0.15) is 0 Å². The van der Waals surface area contributed by atoms with Crippen LogP contribution in [0.1, 0.15) is 25.7 Å². The van der Waals surface area contributed by atoms with E-state index >= 15 is 0 Å². The van der Waals surface area contributed by atoms with Crippen molar-refractivity contribution in [2.75, 3.05) is 0 Å². The molecule has 0 aliphatic heterocycles. The third-order valence-corrected chi connectivity index (χ3v) is 7.66. The molecule has 1 aromatic carbocycles. The molecule has 0 aromatic heterocycles. The zero-order valence-electron chi connectivity index (χ0n) is 8.91. The molecule has 1 aromatic rings. The molecule has 1 saturated carbocycles. The average molecular weight is 295 g/mol. The first-order valence-electron chi connectivity index (χ1n) is 5.53. The van der Waals surface area contributed by atoms with Crippen LogP contribution in [0, 0.1) is 0 Å². The van der Waals surface area contributed by atoms with Gasteiger partial charge in [-0.3, -0.25) is 0 Å². The topological polar surface area (TPSA) is 0 Å². The number of hydrogen-bond donors (Lipinski definition) is 0. The van der Waals surface area contributed by atoms with E-state index in [4.69, 9.17) is 0 Å². The first-order chi connectivity index (χ1) is 7.62. The molecular formula is C12H15F3Se. The van der Waals surface area contributed by atoms with Gasteiger partial charge in [0.05, 0.1) is 0 Å². The van der Waals surface area contributed by atoms with Crippen LogP contribution < -0.4 is 4.46 Å². The summed E-state index contributed by atoms with van der Waals surface area (Å²) >= 11 is -4.81. The monoisotopic (exact) mass is 296 g/mol. The Morgan fingerprint density at radius 3 is 2.25 bits per heavy atom. The van der Waals surface area contributed by atoms with E-state index in [1.165, 1.54) is 12.1 Å². The van der Waals surface area contributed by atoms with Crippen molar-refractivity contribution in [1.82, 2.24) is 0 Å². The molecule has 0 amide bonds. The van der Waals surface area contributed by atoms with Gasteiger partial charge in [0.2, 0.25) is 0 Å². The van der Waals surface area contributed by atoms with Crippen molar-refractivity contribution in [2.24, 2.45) is 0 Å². The van der Waals surface area contributed by atoms with Crippen LogP contribution in [0.25, 0.3) is 0 Å². The number of rotatable bonds is 2. The van der Waals surface area contributed by atoms with Gasteiger partial charge in [-0.15, -0.1) is 0 Å². The van der Waals surface area contributed by atoms with Crippen LogP contribution in [-0.4, -0.2) is 19.9 Å². The molecule has 90 valence electrons. The summed E-state index contributed by atoms with van der Waals surface area (Å²) in [5, 5.41) is 0. The number of alkyl halides is 1. The first-order valence-corrected chi connectivity index (χ1v) is 8.67. The number of benzene rings is 1. The van der Waals surface area contributed by atoms with Crippen LogP contribution in [0.2, 0.25) is 4.82 Å². The predicted molar refractivity (Wildman–Crippen MR) is 61.2 cm³/mol. The fourth-order valence-electron chi connectivity index (χ4n) is 2.16. The molecule has 0 nitrogen and oxygen atoms in total. The van der Waals surface area contributed by atoms with Gasteiger partial charge >= 0.3 is 96.7 Å². The van der Waals surface area contributed by atoms with Gasteiger partial charge in [0, 0.05) is 0 Å². The molecule has 1 fully saturated rings.